The predicted octanol–water partition coefficient (Wildman–Crippen LogP) is 4.53. The minimum Gasteiger partial charge on any atom is -0.271 e. The summed E-state index contributed by atoms with van der Waals surface area (Å²) in [6, 6.07) is 3.69. The average Bonchev–Trinajstić information content (AvgIpc) is 2.01. The molecule has 0 saturated carbocycles. The maximum Gasteiger partial charge on any atom is 0.339 e. The van der Waals surface area contributed by atoms with Crippen molar-refractivity contribution in [3.8, 4) is 6.07 Å². The van der Waals surface area contributed by atoms with Crippen LogP contribution in [0.1, 0.15) is 5.56 Å². The van der Waals surface area contributed by atoms with Gasteiger partial charge in [-0.15, -0.1) is 0 Å². The maximum absolute atomic E-state index is 9.51. The van der Waals surface area contributed by atoms with Crippen molar-refractivity contribution in [1.82, 2.24) is 4.98 Å². The van der Waals surface area contributed by atoms with E-state index in [2.05, 4.69) is 54.6 Å². The summed E-state index contributed by atoms with van der Waals surface area (Å²) in [5, 5.41) is 5.13. The maximum atomic E-state index is 9.51. The van der Waals surface area contributed by atoms with E-state index in [1.165, 1.54) is 6.20 Å². The zero-order valence-corrected chi connectivity index (χ0v) is 11.2. The Morgan fingerprint density at radius 2 is 1.93 bits per heavy atom. The molecule has 14 heavy (non-hydrogen) atoms. The number of pyridine rings is 1. The SMILES string of the molecule is N#Cc1cncc(Br)c1.O=P(Cl)(Cl)Cl. The minimum absolute atomic E-state index is 0.573. The van der Waals surface area contributed by atoms with Gasteiger partial charge in [-0.1, -0.05) is 0 Å². The van der Waals surface area contributed by atoms with Gasteiger partial charge in [0.15, 0.2) is 0 Å². The molecule has 0 spiro atoms. The first-order valence-corrected chi connectivity index (χ1v) is 8.24. The van der Waals surface area contributed by atoms with Gasteiger partial charge in [-0.25, -0.2) is 0 Å². The van der Waals surface area contributed by atoms with E-state index in [-0.39, 0.29) is 0 Å². The number of nitriles is 1. The lowest BCUT2D eigenvalue weighted by atomic mass is 10.3. The Hall–Kier alpha value is 0.220. The molecule has 1 rings (SSSR count). The van der Waals surface area contributed by atoms with E-state index in [1.807, 2.05) is 6.07 Å². The monoisotopic (exact) mass is 334 g/mol. The van der Waals surface area contributed by atoms with E-state index in [9.17, 15) is 4.57 Å². The number of rotatable bonds is 0. The van der Waals surface area contributed by atoms with Crippen LogP contribution < -0.4 is 0 Å². The van der Waals surface area contributed by atoms with E-state index in [1.54, 1.807) is 12.3 Å². The first kappa shape index (κ1) is 14.2. The van der Waals surface area contributed by atoms with Crippen LogP contribution in [0.5, 0.6) is 0 Å². The molecule has 3 nitrogen and oxygen atoms in total. The predicted molar refractivity (Wildman–Crippen MR) is 61.8 cm³/mol. The molecular formula is C6H3BrCl3N2OP. The lowest BCUT2D eigenvalue weighted by molar-refractivity contribution is 0.600. The van der Waals surface area contributed by atoms with Crippen molar-refractivity contribution in [3.63, 3.8) is 0 Å². The highest BCUT2D eigenvalue weighted by Crippen LogP contribution is 2.61. The molecule has 0 bridgehead atoms. The fourth-order valence-electron chi connectivity index (χ4n) is 0.473. The minimum atomic E-state index is -3.22. The number of aromatic nitrogens is 1. The zero-order valence-electron chi connectivity index (χ0n) is 6.49. The molecule has 8 heteroatoms. The van der Waals surface area contributed by atoms with Crippen LogP contribution in [0.25, 0.3) is 0 Å². The summed E-state index contributed by atoms with van der Waals surface area (Å²) >= 11 is 17.0. The third-order valence-corrected chi connectivity index (χ3v) is 1.27. The van der Waals surface area contributed by atoms with Gasteiger partial charge in [-0.3, -0.25) is 9.55 Å². The Bertz CT molecular complexity index is 381. The molecule has 1 heterocycles. The van der Waals surface area contributed by atoms with Crippen molar-refractivity contribution >= 4 is 54.9 Å². The van der Waals surface area contributed by atoms with Gasteiger partial charge >= 0.3 is 5.20 Å². The molecule has 0 aliphatic rings. The van der Waals surface area contributed by atoms with Crippen molar-refractivity contribution in [2.75, 3.05) is 0 Å². The Labute approximate surface area is 104 Å². The highest BCUT2D eigenvalue weighted by atomic mass is 79.9. The third kappa shape index (κ3) is 10.3. The van der Waals surface area contributed by atoms with E-state index >= 15 is 0 Å². The van der Waals surface area contributed by atoms with Crippen molar-refractivity contribution in [2.24, 2.45) is 0 Å². The van der Waals surface area contributed by atoms with E-state index in [0.717, 1.165) is 4.47 Å². The Morgan fingerprint density at radius 1 is 1.43 bits per heavy atom. The van der Waals surface area contributed by atoms with Crippen LogP contribution in [-0.2, 0) is 4.57 Å². The molecule has 0 aliphatic heterocycles. The van der Waals surface area contributed by atoms with Gasteiger partial charge < -0.3 is 0 Å². The normalized spacial score (nSPS) is 9.64. The zero-order chi connectivity index (χ0) is 11.2. The first-order valence-electron chi connectivity index (χ1n) is 3.02. The molecule has 0 saturated heterocycles. The molecule has 0 aliphatic carbocycles. The smallest absolute Gasteiger partial charge is 0.271 e. The van der Waals surface area contributed by atoms with Crippen molar-refractivity contribution < 1.29 is 4.57 Å². The van der Waals surface area contributed by atoms with Crippen LogP contribution >= 0.6 is 54.9 Å². The summed E-state index contributed by atoms with van der Waals surface area (Å²) < 4.78 is 10.3. The van der Waals surface area contributed by atoms with Gasteiger partial charge in [0, 0.05) is 16.9 Å². The molecule has 0 fully saturated rings. The van der Waals surface area contributed by atoms with Gasteiger partial charge in [0.2, 0.25) is 0 Å². The molecule has 0 aromatic carbocycles. The van der Waals surface area contributed by atoms with Crippen molar-refractivity contribution in [3.05, 3.63) is 28.5 Å². The molecule has 0 unspecified atom stereocenters. The average molecular weight is 336 g/mol. The van der Waals surface area contributed by atoms with Gasteiger partial charge in [-0.2, -0.15) is 5.26 Å². The van der Waals surface area contributed by atoms with E-state index in [0.29, 0.717) is 5.56 Å². The van der Waals surface area contributed by atoms with Crippen molar-refractivity contribution in [1.29, 1.82) is 5.26 Å². The highest BCUT2D eigenvalue weighted by Gasteiger charge is 2.02. The first-order chi connectivity index (χ1) is 6.33. The summed E-state index contributed by atoms with van der Waals surface area (Å²) in [4.78, 5) is 3.79. The largest absolute Gasteiger partial charge is 0.339 e. The highest BCUT2D eigenvalue weighted by molar-refractivity contribution is 9.10. The Kier molecular flexibility index (Phi) is 6.76. The molecular weight excluding hydrogens is 333 g/mol. The molecule has 0 radical (unpaired) electrons. The van der Waals surface area contributed by atoms with Crippen LogP contribution in [0.15, 0.2) is 22.9 Å². The summed E-state index contributed by atoms with van der Waals surface area (Å²) in [7, 11) is 0. The van der Waals surface area contributed by atoms with E-state index in [4.69, 9.17) is 5.26 Å². The lowest BCUT2D eigenvalue weighted by Crippen LogP contribution is -1.75. The number of halogens is 4. The second-order valence-corrected chi connectivity index (χ2v) is 9.46. The van der Waals surface area contributed by atoms with Gasteiger partial charge in [0.05, 0.1) is 5.56 Å². The molecule has 76 valence electrons. The Balaban J connectivity index is 0.000000292. The van der Waals surface area contributed by atoms with Gasteiger partial charge in [-0.05, 0) is 55.7 Å². The van der Waals surface area contributed by atoms with Crippen molar-refractivity contribution in [2.45, 2.75) is 0 Å². The third-order valence-electron chi connectivity index (χ3n) is 0.834. The quantitative estimate of drug-likeness (QED) is 0.654. The summed E-state index contributed by atoms with van der Waals surface area (Å²) in [5.41, 5.74) is 0.573. The fourth-order valence-corrected chi connectivity index (χ4v) is 0.838. The molecule has 0 atom stereocenters. The second kappa shape index (κ2) is 6.66. The molecule has 1 aromatic heterocycles. The number of hydrogen-bond acceptors (Lipinski definition) is 3. The fraction of sp³-hybridized carbons (Fsp3) is 0. The van der Waals surface area contributed by atoms with Crippen LogP contribution in [0.2, 0.25) is 0 Å². The summed E-state index contributed by atoms with van der Waals surface area (Å²) in [6.07, 6.45) is 3.16. The summed E-state index contributed by atoms with van der Waals surface area (Å²) in [6.45, 7) is 0. The van der Waals surface area contributed by atoms with E-state index < -0.39 is 5.20 Å². The van der Waals surface area contributed by atoms with Crippen LogP contribution in [0.3, 0.4) is 0 Å². The molecule has 1 aromatic rings. The molecule has 0 amide bonds. The lowest BCUT2D eigenvalue weighted by Gasteiger charge is -1.86. The van der Waals surface area contributed by atoms with Crippen LogP contribution in [-0.4, -0.2) is 4.98 Å². The topological polar surface area (TPSA) is 53.8 Å². The standard InChI is InChI=1S/C6H3BrN2.Cl3OP/c7-6-1-5(2-8)3-9-4-6;1-5(2,3)4/h1,3-4H;. The van der Waals surface area contributed by atoms with Gasteiger partial charge in [0.1, 0.15) is 6.07 Å². The molecule has 0 N–H and O–H groups in total. The number of hydrogen-bond donors (Lipinski definition) is 0. The van der Waals surface area contributed by atoms with Gasteiger partial charge in [0.25, 0.3) is 0 Å². The second-order valence-electron chi connectivity index (χ2n) is 1.90. The number of nitrogens with zero attached hydrogens (tertiary/aromatic N) is 2. The summed E-state index contributed by atoms with van der Waals surface area (Å²) in [5.74, 6) is 0. The van der Waals surface area contributed by atoms with Crippen LogP contribution in [0, 0.1) is 11.3 Å². The van der Waals surface area contributed by atoms with Crippen LogP contribution in [0.4, 0.5) is 0 Å². The Morgan fingerprint density at radius 3 is 2.21 bits per heavy atom.